The molecule has 150 valence electrons. The molecule has 0 bridgehead atoms. The summed E-state index contributed by atoms with van der Waals surface area (Å²) in [5.74, 6) is -0.438. The molecule has 1 amide bonds. The van der Waals surface area contributed by atoms with Crippen molar-refractivity contribution < 1.29 is 18.0 Å². The van der Waals surface area contributed by atoms with Gasteiger partial charge in [-0.15, -0.1) is 0 Å². The van der Waals surface area contributed by atoms with Crippen molar-refractivity contribution in [3.8, 4) is 6.07 Å². The number of hydrogen-bond acceptors (Lipinski definition) is 4. The number of benzene rings is 2. The summed E-state index contributed by atoms with van der Waals surface area (Å²) in [6.07, 6.45) is -4.72. The predicted octanol–water partition coefficient (Wildman–Crippen LogP) is 4.84. The lowest BCUT2D eigenvalue weighted by atomic mass is 9.95. The molecule has 29 heavy (non-hydrogen) atoms. The Hall–Kier alpha value is -2.92. The van der Waals surface area contributed by atoms with Crippen LogP contribution < -0.4 is 9.80 Å². The van der Waals surface area contributed by atoms with Crippen LogP contribution in [-0.4, -0.2) is 23.0 Å². The van der Waals surface area contributed by atoms with Gasteiger partial charge in [-0.2, -0.15) is 18.4 Å². The van der Waals surface area contributed by atoms with Crippen molar-refractivity contribution in [2.24, 2.45) is 0 Å². The highest BCUT2D eigenvalue weighted by Crippen LogP contribution is 2.37. The molecule has 0 radical (unpaired) electrons. The predicted molar refractivity (Wildman–Crippen MR) is 109 cm³/mol. The van der Waals surface area contributed by atoms with Crippen LogP contribution in [0.2, 0.25) is 0 Å². The van der Waals surface area contributed by atoms with Gasteiger partial charge in [-0.3, -0.25) is 9.69 Å². The van der Waals surface area contributed by atoms with Gasteiger partial charge in [-0.25, -0.2) is 0 Å². The van der Waals surface area contributed by atoms with E-state index in [1.807, 2.05) is 36.1 Å². The highest BCUT2D eigenvalue weighted by molar-refractivity contribution is 7.80. The topological polar surface area (TPSA) is 47.3 Å². The number of anilines is 2. The first-order valence-electron chi connectivity index (χ1n) is 8.80. The van der Waals surface area contributed by atoms with Crippen LogP contribution in [0.4, 0.5) is 24.5 Å². The summed E-state index contributed by atoms with van der Waals surface area (Å²) in [7, 11) is 0. The van der Waals surface area contributed by atoms with Crippen molar-refractivity contribution >= 4 is 34.5 Å². The van der Waals surface area contributed by atoms with Crippen LogP contribution in [0.5, 0.6) is 0 Å². The molecule has 4 nitrogen and oxygen atoms in total. The molecule has 1 heterocycles. The van der Waals surface area contributed by atoms with Crippen LogP contribution in [0, 0.1) is 18.3 Å². The van der Waals surface area contributed by atoms with Gasteiger partial charge in [-0.1, -0.05) is 29.9 Å². The molecule has 2 aromatic carbocycles. The van der Waals surface area contributed by atoms with Crippen LogP contribution in [0.3, 0.4) is 0 Å². The van der Waals surface area contributed by atoms with Gasteiger partial charge < -0.3 is 4.90 Å². The van der Waals surface area contributed by atoms with Gasteiger partial charge in [0.25, 0.3) is 5.91 Å². The molecule has 0 spiro atoms. The molecule has 1 fully saturated rings. The Morgan fingerprint density at radius 2 is 1.69 bits per heavy atom. The van der Waals surface area contributed by atoms with Crippen molar-refractivity contribution in [2.45, 2.75) is 32.5 Å². The fourth-order valence-electron chi connectivity index (χ4n) is 3.31. The molecule has 0 atom stereocenters. The van der Waals surface area contributed by atoms with E-state index in [9.17, 15) is 18.0 Å². The van der Waals surface area contributed by atoms with E-state index in [2.05, 4.69) is 0 Å². The number of hydrogen-bond donors (Lipinski definition) is 0. The van der Waals surface area contributed by atoms with Crippen LogP contribution in [0.1, 0.15) is 30.5 Å². The summed E-state index contributed by atoms with van der Waals surface area (Å²) in [5.41, 5.74) is -0.765. The number of nitriles is 1. The van der Waals surface area contributed by atoms with E-state index in [1.54, 1.807) is 13.8 Å². The van der Waals surface area contributed by atoms with Crippen LogP contribution in [0.15, 0.2) is 42.5 Å². The van der Waals surface area contributed by atoms with Gasteiger partial charge >= 0.3 is 6.18 Å². The maximum atomic E-state index is 13.3. The number of piperazine rings is 1. The quantitative estimate of drug-likeness (QED) is 0.656. The van der Waals surface area contributed by atoms with Crippen molar-refractivity contribution in [2.75, 3.05) is 16.3 Å². The highest BCUT2D eigenvalue weighted by atomic mass is 32.1. The Kier molecular flexibility index (Phi) is 5.13. The summed E-state index contributed by atoms with van der Waals surface area (Å²) in [4.78, 5) is 16.4. The molecule has 0 aromatic heterocycles. The van der Waals surface area contributed by atoms with Gasteiger partial charge in [-0.05, 0) is 51.1 Å². The number of carbonyl (C=O) groups is 1. The molecule has 8 heteroatoms. The average Bonchev–Trinajstić information content (AvgIpc) is 2.65. The molecule has 1 aliphatic rings. The monoisotopic (exact) mass is 417 g/mol. The summed E-state index contributed by atoms with van der Waals surface area (Å²) in [5, 5.41) is 8.99. The van der Waals surface area contributed by atoms with Crippen LogP contribution in [-0.2, 0) is 11.0 Å². The van der Waals surface area contributed by atoms with E-state index in [1.165, 1.54) is 12.1 Å². The lowest BCUT2D eigenvalue weighted by Gasteiger charge is -2.47. The number of alkyl halides is 3. The summed E-state index contributed by atoms with van der Waals surface area (Å²) < 4.78 is 40.0. The molecule has 0 unspecified atom stereocenters. The maximum Gasteiger partial charge on any atom is 0.417 e. The third-order valence-electron chi connectivity index (χ3n) is 4.98. The minimum Gasteiger partial charge on any atom is -0.351 e. The first kappa shape index (κ1) is 20.8. The highest BCUT2D eigenvalue weighted by Gasteiger charge is 2.45. The summed E-state index contributed by atoms with van der Waals surface area (Å²) >= 11 is 5.41. The Labute approximate surface area is 172 Å². The van der Waals surface area contributed by atoms with E-state index >= 15 is 0 Å². The molecule has 1 aliphatic heterocycles. The number of aryl methyl sites for hydroxylation is 1. The first-order chi connectivity index (χ1) is 13.5. The maximum absolute atomic E-state index is 13.3. The van der Waals surface area contributed by atoms with Gasteiger partial charge in [0.2, 0.25) is 0 Å². The van der Waals surface area contributed by atoms with E-state index in [4.69, 9.17) is 17.5 Å². The SMILES string of the molecule is Cc1ccc(N2CC(=S)N(c3ccc(C#N)c(C(F)(F)F)c3)C(=O)C2(C)C)cc1. The third-order valence-corrected chi connectivity index (χ3v) is 5.29. The van der Waals surface area contributed by atoms with Crippen molar-refractivity contribution in [1.82, 2.24) is 0 Å². The Morgan fingerprint density at radius 3 is 2.24 bits per heavy atom. The van der Waals surface area contributed by atoms with E-state index < -0.39 is 28.7 Å². The minimum absolute atomic E-state index is 0.00274. The van der Waals surface area contributed by atoms with Gasteiger partial charge in [0.05, 0.1) is 29.4 Å². The number of rotatable bonds is 2. The number of halogens is 3. The second kappa shape index (κ2) is 7.16. The largest absolute Gasteiger partial charge is 0.417 e. The minimum atomic E-state index is -4.72. The molecular weight excluding hydrogens is 399 g/mol. The van der Waals surface area contributed by atoms with Crippen LogP contribution in [0.25, 0.3) is 0 Å². The number of carbonyl (C=O) groups excluding carboxylic acids is 1. The second-order valence-corrected chi connectivity index (χ2v) is 7.83. The Morgan fingerprint density at radius 1 is 1.10 bits per heavy atom. The molecule has 0 aliphatic carbocycles. The zero-order chi connectivity index (χ0) is 21.6. The first-order valence-corrected chi connectivity index (χ1v) is 9.20. The smallest absolute Gasteiger partial charge is 0.351 e. The van der Waals surface area contributed by atoms with E-state index in [0.717, 1.165) is 28.3 Å². The van der Waals surface area contributed by atoms with Gasteiger partial charge in [0.15, 0.2) is 0 Å². The second-order valence-electron chi connectivity index (χ2n) is 7.35. The molecule has 0 saturated carbocycles. The zero-order valence-electron chi connectivity index (χ0n) is 16.0. The van der Waals surface area contributed by atoms with Crippen molar-refractivity contribution in [1.29, 1.82) is 5.26 Å². The van der Waals surface area contributed by atoms with E-state index in [-0.39, 0.29) is 17.2 Å². The van der Waals surface area contributed by atoms with Gasteiger partial charge in [0.1, 0.15) is 10.5 Å². The van der Waals surface area contributed by atoms with Crippen LogP contribution >= 0.6 is 12.2 Å². The van der Waals surface area contributed by atoms with Crippen molar-refractivity contribution in [3.63, 3.8) is 0 Å². The normalized spacial score (nSPS) is 16.7. The fourth-order valence-corrected chi connectivity index (χ4v) is 3.63. The molecule has 1 saturated heterocycles. The Bertz CT molecular complexity index is 1020. The lowest BCUT2D eigenvalue weighted by molar-refractivity contribution is -0.137. The molecular formula is C21H18F3N3OS. The van der Waals surface area contributed by atoms with Gasteiger partial charge in [0, 0.05) is 5.69 Å². The molecule has 2 aromatic rings. The standard InChI is InChI=1S/C21H18F3N3OS/c1-13-4-7-15(8-5-13)26-12-18(29)27(19(28)20(26,2)3)16-9-6-14(11-25)17(10-16)21(22,23)24/h4-10H,12H2,1-3H3. The summed E-state index contributed by atoms with van der Waals surface area (Å²) in [6.45, 7) is 5.56. The number of amides is 1. The van der Waals surface area contributed by atoms with Crippen molar-refractivity contribution in [3.05, 3.63) is 59.2 Å². The zero-order valence-corrected chi connectivity index (χ0v) is 16.9. The molecule has 0 N–H and O–H groups in total. The summed E-state index contributed by atoms with van der Waals surface area (Å²) in [6, 6.07) is 12.3. The number of thiocarbonyl (C=S) groups is 1. The molecule has 3 rings (SSSR count). The fraction of sp³-hybridized carbons (Fsp3) is 0.286. The third kappa shape index (κ3) is 3.70. The lowest BCUT2D eigenvalue weighted by Crippen LogP contribution is -2.65. The Balaban J connectivity index is 2.04. The van der Waals surface area contributed by atoms with E-state index in [0.29, 0.717) is 0 Å². The average molecular weight is 417 g/mol. The number of nitrogens with zero attached hydrogens (tertiary/aromatic N) is 3.